The smallest absolute Gasteiger partial charge is 0.573 e. The molecule has 0 aliphatic carbocycles. The van der Waals surface area contributed by atoms with Crippen LogP contribution in [0.25, 0.3) is 11.0 Å². The van der Waals surface area contributed by atoms with Crippen molar-refractivity contribution in [3.63, 3.8) is 0 Å². The largest absolute Gasteiger partial charge is 0.609 e. The molecule has 0 bridgehead atoms. The molecule has 27 heavy (non-hydrogen) atoms. The molecule has 1 aromatic carbocycles. The molecule has 1 atom stereocenters. The topological polar surface area (TPSA) is 83.1 Å². The number of nitrogens with zero attached hydrogens (tertiary/aromatic N) is 2. The summed E-state index contributed by atoms with van der Waals surface area (Å²) in [6, 6.07) is 5.43. The third-order valence-electron chi connectivity index (χ3n) is 3.71. The van der Waals surface area contributed by atoms with Gasteiger partial charge in [-0.3, -0.25) is 9.97 Å². The molecule has 10 heteroatoms. The van der Waals surface area contributed by atoms with Gasteiger partial charge in [0.1, 0.15) is 11.5 Å². The summed E-state index contributed by atoms with van der Waals surface area (Å²) in [7, 11) is 0. The number of alkyl halides is 3. The molecule has 0 radical (unpaired) electrons. The molecule has 0 saturated heterocycles. The van der Waals surface area contributed by atoms with Gasteiger partial charge in [-0.25, -0.2) is 0 Å². The van der Waals surface area contributed by atoms with Crippen LogP contribution in [0.5, 0.6) is 11.5 Å². The van der Waals surface area contributed by atoms with Gasteiger partial charge in [0.05, 0.1) is 23.3 Å². The molecule has 2 heterocycles. The van der Waals surface area contributed by atoms with Crippen LogP contribution >= 0.6 is 0 Å². The molecule has 6 nitrogen and oxygen atoms in total. The molecule has 3 aromatic rings. The van der Waals surface area contributed by atoms with Crippen LogP contribution < -0.4 is 9.47 Å². The fraction of sp³-hybridized carbons (Fsp3) is 0.294. The highest BCUT2D eigenvalue weighted by molar-refractivity contribution is 7.90. The normalized spacial score (nSPS) is 13.0. The van der Waals surface area contributed by atoms with Gasteiger partial charge in [0, 0.05) is 29.0 Å². The number of ether oxygens (including phenoxy) is 2. The number of rotatable bonds is 6. The predicted octanol–water partition coefficient (Wildman–Crippen LogP) is 3.87. The Hall–Kier alpha value is -2.46. The number of hydrogen-bond donors (Lipinski definition) is 1. The number of benzene rings is 1. The third kappa shape index (κ3) is 4.64. The SMILES string of the molecule is CCOc1ccnc(C[S+]([O-])c2nc3cc(OC(F)(F)F)ccc3[nH]2)c1C. The summed E-state index contributed by atoms with van der Waals surface area (Å²) in [6.45, 7) is 4.19. The molecule has 0 saturated carbocycles. The van der Waals surface area contributed by atoms with Gasteiger partial charge in [0.15, 0.2) is 5.75 Å². The van der Waals surface area contributed by atoms with Gasteiger partial charge in [0.25, 0.3) is 0 Å². The zero-order valence-electron chi connectivity index (χ0n) is 14.5. The standard InChI is InChI=1S/C17H16F3N3O3S/c1-3-25-15-6-7-21-14(10(15)2)9-27(24)16-22-12-5-4-11(8-13(12)23-16)26-17(18,19)20/h4-8H,3,9H2,1-2H3,(H,22,23). The molecule has 2 aromatic heterocycles. The van der Waals surface area contributed by atoms with Crippen LogP contribution in [0.2, 0.25) is 0 Å². The first-order valence-electron chi connectivity index (χ1n) is 7.98. The maximum Gasteiger partial charge on any atom is 0.573 e. The van der Waals surface area contributed by atoms with Crippen molar-refractivity contribution in [3.05, 3.63) is 41.7 Å². The van der Waals surface area contributed by atoms with Crippen molar-refractivity contribution in [2.75, 3.05) is 6.61 Å². The summed E-state index contributed by atoms with van der Waals surface area (Å²) in [5.74, 6) is 0.372. The highest BCUT2D eigenvalue weighted by atomic mass is 32.2. The van der Waals surface area contributed by atoms with Crippen molar-refractivity contribution in [1.82, 2.24) is 15.0 Å². The number of halogens is 3. The fourth-order valence-electron chi connectivity index (χ4n) is 2.48. The van der Waals surface area contributed by atoms with E-state index in [1.54, 1.807) is 12.3 Å². The van der Waals surface area contributed by atoms with Crippen LogP contribution in [0.15, 0.2) is 35.6 Å². The number of aromatic nitrogens is 3. The molecule has 1 unspecified atom stereocenters. The Morgan fingerprint density at radius 3 is 2.74 bits per heavy atom. The van der Waals surface area contributed by atoms with Crippen LogP contribution in [-0.2, 0) is 16.9 Å². The number of aromatic amines is 1. The molecule has 144 valence electrons. The quantitative estimate of drug-likeness (QED) is 0.636. The van der Waals surface area contributed by atoms with E-state index in [4.69, 9.17) is 4.74 Å². The summed E-state index contributed by atoms with van der Waals surface area (Å²) < 4.78 is 59.0. The number of hydrogen-bond acceptors (Lipinski definition) is 5. The molecular formula is C17H16F3N3O3S. The van der Waals surface area contributed by atoms with Crippen LogP contribution in [-0.4, -0.2) is 32.5 Å². The minimum Gasteiger partial charge on any atom is -0.609 e. The number of pyridine rings is 1. The first-order chi connectivity index (χ1) is 12.8. The maximum absolute atomic E-state index is 12.6. The van der Waals surface area contributed by atoms with E-state index in [2.05, 4.69) is 19.7 Å². The first kappa shape index (κ1) is 19.3. The molecular weight excluding hydrogens is 383 g/mol. The lowest BCUT2D eigenvalue weighted by molar-refractivity contribution is -0.274. The zero-order valence-corrected chi connectivity index (χ0v) is 15.3. The van der Waals surface area contributed by atoms with Crippen molar-refractivity contribution >= 4 is 22.2 Å². The Labute approximate surface area is 155 Å². The molecule has 0 aliphatic heterocycles. The molecule has 3 rings (SSSR count). The molecule has 0 aliphatic rings. The van der Waals surface area contributed by atoms with E-state index in [-0.39, 0.29) is 22.2 Å². The van der Waals surface area contributed by atoms with Crippen LogP contribution in [0.3, 0.4) is 0 Å². The van der Waals surface area contributed by atoms with Crippen molar-refractivity contribution < 1.29 is 27.2 Å². The van der Waals surface area contributed by atoms with E-state index >= 15 is 0 Å². The fourth-order valence-corrected chi connectivity index (χ4v) is 3.58. The van der Waals surface area contributed by atoms with Gasteiger partial charge in [0.2, 0.25) is 0 Å². The van der Waals surface area contributed by atoms with E-state index in [1.165, 1.54) is 6.07 Å². The lowest BCUT2D eigenvalue weighted by Gasteiger charge is -2.11. The second kappa shape index (κ2) is 7.65. The molecule has 1 N–H and O–H groups in total. The summed E-state index contributed by atoms with van der Waals surface area (Å²) in [4.78, 5) is 11.2. The van der Waals surface area contributed by atoms with E-state index < -0.39 is 17.5 Å². The Bertz CT molecular complexity index is 946. The highest BCUT2D eigenvalue weighted by Crippen LogP contribution is 2.27. The summed E-state index contributed by atoms with van der Waals surface area (Å²) in [5.41, 5.74) is 2.07. The van der Waals surface area contributed by atoms with Crippen LogP contribution in [0.4, 0.5) is 13.2 Å². The third-order valence-corrected chi connectivity index (χ3v) is 4.87. The Kier molecular flexibility index (Phi) is 5.47. The molecule has 0 spiro atoms. The van der Waals surface area contributed by atoms with E-state index in [0.717, 1.165) is 17.7 Å². The van der Waals surface area contributed by atoms with Gasteiger partial charge in [-0.1, -0.05) is 0 Å². The highest BCUT2D eigenvalue weighted by Gasteiger charge is 2.31. The van der Waals surface area contributed by atoms with Crippen LogP contribution in [0.1, 0.15) is 18.2 Å². The Morgan fingerprint density at radius 2 is 2.04 bits per heavy atom. The van der Waals surface area contributed by atoms with Crippen molar-refractivity contribution in [2.45, 2.75) is 31.1 Å². The van der Waals surface area contributed by atoms with Crippen molar-refractivity contribution in [3.8, 4) is 11.5 Å². The lowest BCUT2D eigenvalue weighted by Crippen LogP contribution is -2.16. The van der Waals surface area contributed by atoms with Gasteiger partial charge < -0.3 is 14.0 Å². The number of nitrogens with one attached hydrogen (secondary N) is 1. The number of fused-ring (bicyclic) bond motifs is 1. The van der Waals surface area contributed by atoms with Crippen molar-refractivity contribution in [2.24, 2.45) is 0 Å². The minimum atomic E-state index is -4.79. The monoisotopic (exact) mass is 399 g/mol. The Morgan fingerprint density at radius 1 is 1.26 bits per heavy atom. The second-order valence-electron chi connectivity index (χ2n) is 5.57. The maximum atomic E-state index is 12.6. The van der Waals surface area contributed by atoms with E-state index in [9.17, 15) is 17.7 Å². The number of H-pyrrole nitrogens is 1. The average molecular weight is 399 g/mol. The van der Waals surface area contributed by atoms with Gasteiger partial charge >= 0.3 is 11.5 Å². The van der Waals surface area contributed by atoms with Crippen molar-refractivity contribution in [1.29, 1.82) is 0 Å². The van der Waals surface area contributed by atoms with Gasteiger partial charge in [-0.05, 0) is 32.0 Å². The second-order valence-corrected chi connectivity index (χ2v) is 6.94. The first-order valence-corrected chi connectivity index (χ1v) is 9.30. The number of imidazole rings is 1. The lowest BCUT2D eigenvalue weighted by atomic mass is 10.2. The van der Waals surface area contributed by atoms with E-state index in [1.807, 2.05) is 13.8 Å². The minimum absolute atomic E-state index is 0.0957. The van der Waals surface area contributed by atoms with Gasteiger partial charge in [-0.15, -0.1) is 13.2 Å². The zero-order chi connectivity index (χ0) is 19.6. The Balaban J connectivity index is 1.82. The summed E-state index contributed by atoms with van der Waals surface area (Å²) >= 11 is -1.56. The molecule has 0 amide bonds. The summed E-state index contributed by atoms with van der Waals surface area (Å²) in [5, 5.41) is 0.150. The van der Waals surface area contributed by atoms with Crippen LogP contribution in [0, 0.1) is 6.92 Å². The average Bonchev–Trinajstić information content (AvgIpc) is 3.00. The predicted molar refractivity (Wildman–Crippen MR) is 93.0 cm³/mol. The molecule has 0 fully saturated rings. The van der Waals surface area contributed by atoms with Gasteiger partial charge in [-0.2, -0.15) is 4.98 Å². The summed E-state index contributed by atoms with van der Waals surface area (Å²) in [6.07, 6.45) is -3.21. The van der Waals surface area contributed by atoms with E-state index in [0.29, 0.717) is 23.6 Å².